The molecule has 9 nitrogen and oxygen atoms in total. The van der Waals surface area contributed by atoms with Crippen LogP contribution in [0.3, 0.4) is 0 Å². The molecule has 29 heavy (non-hydrogen) atoms. The summed E-state index contributed by atoms with van der Waals surface area (Å²) in [4.78, 5) is 36.4. The SMILES string of the molecule is COc1ccc([N+](=O)[O-])cc1C(=O)OCC(=O)NCCCN(C)c1ccccc1. The molecule has 0 atom stereocenters. The first kappa shape index (κ1) is 21.7. The van der Waals surface area contributed by atoms with Gasteiger partial charge in [-0.1, -0.05) is 18.2 Å². The van der Waals surface area contributed by atoms with Crippen LogP contribution in [-0.2, 0) is 9.53 Å². The number of nitro groups is 1. The quantitative estimate of drug-likeness (QED) is 0.282. The summed E-state index contributed by atoms with van der Waals surface area (Å²) in [5.41, 5.74) is 0.697. The van der Waals surface area contributed by atoms with Gasteiger partial charge in [-0.25, -0.2) is 4.79 Å². The van der Waals surface area contributed by atoms with Crippen LogP contribution in [-0.4, -0.2) is 50.7 Å². The van der Waals surface area contributed by atoms with E-state index in [0.29, 0.717) is 13.0 Å². The Balaban J connectivity index is 1.77. The highest BCUT2D eigenvalue weighted by Gasteiger charge is 2.19. The van der Waals surface area contributed by atoms with Gasteiger partial charge in [-0.3, -0.25) is 14.9 Å². The summed E-state index contributed by atoms with van der Waals surface area (Å²) >= 11 is 0. The number of nitrogens with zero attached hydrogens (tertiary/aromatic N) is 2. The standard InChI is InChI=1S/C20H23N3O6/c1-22(15-7-4-3-5-8-15)12-6-11-21-19(24)14-29-20(25)17-13-16(23(26)27)9-10-18(17)28-2/h3-5,7-10,13H,6,11-12,14H2,1-2H3,(H,21,24). The van der Waals surface area contributed by atoms with E-state index >= 15 is 0 Å². The topological polar surface area (TPSA) is 111 Å². The summed E-state index contributed by atoms with van der Waals surface area (Å²) in [6, 6.07) is 13.4. The molecular formula is C20H23N3O6. The Morgan fingerprint density at radius 1 is 1.17 bits per heavy atom. The van der Waals surface area contributed by atoms with Crippen LogP contribution >= 0.6 is 0 Å². The van der Waals surface area contributed by atoms with Crippen molar-refractivity contribution in [2.45, 2.75) is 6.42 Å². The molecule has 0 aliphatic rings. The minimum Gasteiger partial charge on any atom is -0.496 e. The van der Waals surface area contributed by atoms with Crippen molar-refractivity contribution in [2.75, 3.05) is 38.8 Å². The zero-order chi connectivity index (χ0) is 21.2. The van der Waals surface area contributed by atoms with E-state index in [1.165, 1.54) is 19.2 Å². The number of benzene rings is 2. The number of methoxy groups -OCH3 is 1. The lowest BCUT2D eigenvalue weighted by Gasteiger charge is -2.19. The van der Waals surface area contributed by atoms with Gasteiger partial charge in [0.05, 0.1) is 12.0 Å². The van der Waals surface area contributed by atoms with E-state index in [1.54, 1.807) is 0 Å². The van der Waals surface area contributed by atoms with E-state index < -0.39 is 23.4 Å². The molecule has 154 valence electrons. The van der Waals surface area contributed by atoms with Gasteiger partial charge in [-0.2, -0.15) is 0 Å². The molecule has 0 fully saturated rings. The predicted molar refractivity (Wildman–Crippen MR) is 107 cm³/mol. The summed E-state index contributed by atoms with van der Waals surface area (Å²) in [6.07, 6.45) is 0.712. The maximum absolute atomic E-state index is 12.2. The van der Waals surface area contributed by atoms with Gasteiger partial charge >= 0.3 is 5.97 Å². The third kappa shape index (κ3) is 6.49. The van der Waals surface area contributed by atoms with Crippen LogP contribution < -0.4 is 15.0 Å². The Kier molecular flexibility index (Phi) is 7.96. The fourth-order valence-electron chi connectivity index (χ4n) is 2.58. The third-order valence-electron chi connectivity index (χ3n) is 4.14. The molecule has 2 aromatic rings. The van der Waals surface area contributed by atoms with Crippen LogP contribution in [0.4, 0.5) is 11.4 Å². The molecule has 0 aliphatic carbocycles. The number of nitrogens with one attached hydrogen (secondary N) is 1. The number of carbonyl (C=O) groups excluding carboxylic acids is 2. The first-order chi connectivity index (χ1) is 13.9. The predicted octanol–water partition coefficient (Wildman–Crippen LogP) is 2.40. The Labute approximate surface area is 168 Å². The number of hydrogen-bond acceptors (Lipinski definition) is 7. The number of non-ortho nitro benzene ring substituents is 1. The van der Waals surface area contributed by atoms with Crippen LogP contribution in [0, 0.1) is 10.1 Å². The third-order valence-corrected chi connectivity index (χ3v) is 4.14. The van der Waals surface area contributed by atoms with Crippen molar-refractivity contribution >= 4 is 23.3 Å². The van der Waals surface area contributed by atoms with E-state index in [1.807, 2.05) is 37.4 Å². The smallest absolute Gasteiger partial charge is 0.342 e. The number of hydrogen-bond donors (Lipinski definition) is 1. The maximum atomic E-state index is 12.2. The molecule has 1 amide bonds. The molecule has 0 aromatic heterocycles. The van der Waals surface area contributed by atoms with Gasteiger partial charge < -0.3 is 19.7 Å². The molecule has 9 heteroatoms. The van der Waals surface area contributed by atoms with E-state index in [4.69, 9.17) is 9.47 Å². The Morgan fingerprint density at radius 3 is 2.55 bits per heavy atom. The fraction of sp³-hybridized carbons (Fsp3) is 0.300. The van der Waals surface area contributed by atoms with Crippen molar-refractivity contribution in [3.8, 4) is 5.75 Å². The van der Waals surface area contributed by atoms with Crippen molar-refractivity contribution in [2.24, 2.45) is 0 Å². The van der Waals surface area contributed by atoms with Gasteiger partial charge in [0, 0.05) is 38.0 Å². The zero-order valence-electron chi connectivity index (χ0n) is 16.3. The van der Waals surface area contributed by atoms with Crippen LogP contribution in [0.5, 0.6) is 5.75 Å². The number of carbonyl (C=O) groups is 2. The molecule has 0 aliphatic heterocycles. The molecule has 0 saturated heterocycles. The van der Waals surface area contributed by atoms with Crippen molar-refractivity contribution in [1.29, 1.82) is 0 Å². The summed E-state index contributed by atoms with van der Waals surface area (Å²) in [5.74, 6) is -1.19. The molecular weight excluding hydrogens is 378 g/mol. The van der Waals surface area contributed by atoms with E-state index in [9.17, 15) is 19.7 Å². The highest BCUT2D eigenvalue weighted by molar-refractivity contribution is 5.94. The molecule has 0 spiro atoms. The lowest BCUT2D eigenvalue weighted by atomic mass is 10.2. The molecule has 0 heterocycles. The maximum Gasteiger partial charge on any atom is 0.342 e. The van der Waals surface area contributed by atoms with E-state index in [0.717, 1.165) is 18.3 Å². The zero-order valence-corrected chi connectivity index (χ0v) is 16.3. The Morgan fingerprint density at radius 2 is 1.90 bits per heavy atom. The minimum absolute atomic E-state index is 0.112. The molecule has 0 unspecified atom stereocenters. The summed E-state index contributed by atoms with van der Waals surface area (Å²) < 4.78 is 9.97. The number of ether oxygens (including phenoxy) is 2. The first-order valence-corrected chi connectivity index (χ1v) is 8.95. The molecule has 0 bridgehead atoms. The lowest BCUT2D eigenvalue weighted by molar-refractivity contribution is -0.384. The Hall–Kier alpha value is -3.62. The second-order valence-electron chi connectivity index (χ2n) is 6.18. The summed E-state index contributed by atoms with van der Waals surface area (Å²) in [5, 5.41) is 13.5. The van der Waals surface area contributed by atoms with Crippen molar-refractivity contribution in [3.05, 3.63) is 64.2 Å². The van der Waals surface area contributed by atoms with Gasteiger partial charge in [-0.15, -0.1) is 0 Å². The highest BCUT2D eigenvalue weighted by Crippen LogP contribution is 2.24. The Bertz CT molecular complexity index is 857. The van der Waals surface area contributed by atoms with Gasteiger partial charge in [0.1, 0.15) is 11.3 Å². The number of esters is 1. The first-order valence-electron chi connectivity index (χ1n) is 8.95. The second kappa shape index (κ2) is 10.6. The van der Waals surface area contributed by atoms with Gasteiger partial charge in [0.15, 0.2) is 6.61 Å². The summed E-state index contributed by atoms with van der Waals surface area (Å²) in [6.45, 7) is 0.682. The number of anilines is 1. The molecule has 2 aromatic carbocycles. The molecule has 0 saturated carbocycles. The highest BCUT2D eigenvalue weighted by atomic mass is 16.6. The summed E-state index contributed by atoms with van der Waals surface area (Å²) in [7, 11) is 3.29. The molecule has 0 radical (unpaired) electrons. The number of amides is 1. The average Bonchev–Trinajstić information content (AvgIpc) is 2.74. The molecule has 2 rings (SSSR count). The fourth-order valence-corrected chi connectivity index (χ4v) is 2.58. The van der Waals surface area contributed by atoms with E-state index in [2.05, 4.69) is 10.2 Å². The average molecular weight is 401 g/mol. The van der Waals surface area contributed by atoms with Crippen LogP contribution in [0.1, 0.15) is 16.8 Å². The van der Waals surface area contributed by atoms with Crippen LogP contribution in [0.2, 0.25) is 0 Å². The van der Waals surface area contributed by atoms with Gasteiger partial charge in [0.2, 0.25) is 0 Å². The number of para-hydroxylation sites is 1. The number of nitro benzene ring substituents is 1. The lowest BCUT2D eigenvalue weighted by Crippen LogP contribution is -2.31. The number of rotatable bonds is 10. The van der Waals surface area contributed by atoms with Crippen LogP contribution in [0.15, 0.2) is 48.5 Å². The largest absolute Gasteiger partial charge is 0.496 e. The van der Waals surface area contributed by atoms with Gasteiger partial charge in [-0.05, 0) is 24.6 Å². The molecule has 1 N–H and O–H groups in total. The van der Waals surface area contributed by atoms with Crippen molar-refractivity contribution in [1.82, 2.24) is 5.32 Å². The van der Waals surface area contributed by atoms with Crippen molar-refractivity contribution in [3.63, 3.8) is 0 Å². The van der Waals surface area contributed by atoms with E-state index in [-0.39, 0.29) is 17.0 Å². The van der Waals surface area contributed by atoms with Crippen molar-refractivity contribution < 1.29 is 24.0 Å². The monoisotopic (exact) mass is 401 g/mol. The normalized spacial score (nSPS) is 10.1. The minimum atomic E-state index is -0.871. The van der Waals surface area contributed by atoms with Crippen LogP contribution in [0.25, 0.3) is 0 Å². The van der Waals surface area contributed by atoms with Gasteiger partial charge in [0.25, 0.3) is 11.6 Å². The second-order valence-corrected chi connectivity index (χ2v) is 6.18.